The molecule has 0 bridgehead atoms. The van der Waals surface area contributed by atoms with Crippen molar-refractivity contribution in [3.05, 3.63) is 101 Å². The molecule has 0 aliphatic carbocycles. The average Bonchev–Trinajstić information content (AvgIpc) is 2.98. The number of aldehydes is 1. The first-order valence-electron chi connectivity index (χ1n) is 14.3. The predicted octanol–water partition coefficient (Wildman–Crippen LogP) is 7.52. The smallest absolute Gasteiger partial charge is 0.176 e. The Morgan fingerprint density at radius 3 is 2.08 bits per heavy atom. The Morgan fingerprint density at radius 1 is 0.795 bits per heavy atom. The summed E-state index contributed by atoms with van der Waals surface area (Å²) in [6, 6.07) is 25.2. The molecule has 0 aliphatic heterocycles. The van der Waals surface area contributed by atoms with Crippen molar-refractivity contribution in [2.45, 2.75) is 65.3 Å². The van der Waals surface area contributed by atoms with Gasteiger partial charge in [-0.05, 0) is 68.0 Å². The summed E-state index contributed by atoms with van der Waals surface area (Å²) < 4.78 is 5.81. The van der Waals surface area contributed by atoms with E-state index in [-0.39, 0.29) is 23.6 Å². The van der Waals surface area contributed by atoms with E-state index in [1.807, 2.05) is 32.0 Å². The van der Waals surface area contributed by atoms with Gasteiger partial charge in [-0.3, -0.25) is 14.5 Å². The monoisotopic (exact) mass is 531 g/mol. The molecule has 0 amide bonds. The molecular weight excluding hydrogens is 486 g/mol. The number of carbonyl (C=O) groups is 2. The molecule has 5 heteroatoms. The van der Waals surface area contributed by atoms with Gasteiger partial charge in [-0.25, -0.2) is 0 Å². The molecule has 3 rings (SSSR count). The second-order valence-electron chi connectivity index (χ2n) is 9.48. The van der Waals surface area contributed by atoms with Crippen LogP contribution in [-0.4, -0.2) is 48.4 Å². The van der Waals surface area contributed by atoms with Gasteiger partial charge in [0.1, 0.15) is 5.75 Å². The average molecular weight is 532 g/mol. The molecule has 1 N–H and O–H groups in total. The van der Waals surface area contributed by atoms with Crippen LogP contribution in [0.4, 0.5) is 0 Å². The molecule has 3 aromatic carbocycles. The van der Waals surface area contributed by atoms with E-state index in [1.165, 1.54) is 17.7 Å². The van der Waals surface area contributed by atoms with Gasteiger partial charge >= 0.3 is 0 Å². The first-order valence-corrected chi connectivity index (χ1v) is 14.3. The van der Waals surface area contributed by atoms with E-state index >= 15 is 0 Å². The number of ketones is 1. The zero-order chi connectivity index (χ0) is 28.1. The van der Waals surface area contributed by atoms with E-state index in [9.17, 15) is 14.7 Å². The second-order valence-corrected chi connectivity index (χ2v) is 9.48. The van der Waals surface area contributed by atoms with Crippen molar-refractivity contribution in [2.24, 2.45) is 0 Å². The number of hydrogen-bond donors (Lipinski definition) is 1. The molecule has 0 aromatic heterocycles. The highest BCUT2D eigenvalue weighted by Gasteiger charge is 2.15. The fourth-order valence-corrected chi connectivity index (χ4v) is 4.35. The van der Waals surface area contributed by atoms with Crippen LogP contribution in [0, 0.1) is 0 Å². The molecule has 0 atom stereocenters. The molecule has 0 heterocycles. The van der Waals surface area contributed by atoms with Crippen LogP contribution in [0.3, 0.4) is 0 Å². The summed E-state index contributed by atoms with van der Waals surface area (Å²) in [6.45, 7) is 7.40. The first kappa shape index (κ1) is 31.9. The SMILES string of the molecule is CC.O=Cc1cc(C(=O)CN(CCCCCCOCCCCc2ccccc2)Cc2ccccc2)ccc1O. The number of phenolic OH excluding ortho intramolecular Hbond substituents is 1. The van der Waals surface area contributed by atoms with Gasteiger partial charge < -0.3 is 9.84 Å². The zero-order valence-corrected chi connectivity index (χ0v) is 23.7. The third-order valence-electron chi connectivity index (χ3n) is 6.45. The minimum absolute atomic E-state index is 0.0558. The summed E-state index contributed by atoms with van der Waals surface area (Å²) in [6.07, 6.45) is 8.18. The van der Waals surface area contributed by atoms with Gasteiger partial charge in [0.15, 0.2) is 12.1 Å². The highest BCUT2D eigenvalue weighted by molar-refractivity contribution is 5.99. The van der Waals surface area contributed by atoms with Crippen LogP contribution in [0.2, 0.25) is 0 Å². The van der Waals surface area contributed by atoms with E-state index in [2.05, 4.69) is 47.4 Å². The quantitative estimate of drug-likeness (QED) is 0.104. The predicted molar refractivity (Wildman–Crippen MR) is 160 cm³/mol. The standard InChI is InChI=1S/C32H39NO4.C2H6/c34-26-30-23-29(18-19-31(30)35)32(36)25-33(24-28-16-7-4-8-17-28)20-10-1-2-11-21-37-22-12-9-15-27-13-5-3-6-14-27;1-2/h3-8,13-14,16-19,23,26,35H,1-2,9-12,15,20-22,24-25H2;1-2H3. The molecule has 0 spiro atoms. The Kier molecular flexibility index (Phi) is 16.2. The maximum Gasteiger partial charge on any atom is 0.176 e. The molecular formula is C34H45NO4. The molecule has 0 aliphatic rings. The molecule has 0 saturated carbocycles. The Labute approximate surface area is 234 Å². The Bertz CT molecular complexity index is 1070. The Hall–Kier alpha value is -3.28. The van der Waals surface area contributed by atoms with Crippen molar-refractivity contribution >= 4 is 12.1 Å². The third-order valence-corrected chi connectivity index (χ3v) is 6.45. The van der Waals surface area contributed by atoms with Crippen LogP contribution in [0.5, 0.6) is 5.75 Å². The van der Waals surface area contributed by atoms with Crippen LogP contribution in [0.25, 0.3) is 0 Å². The van der Waals surface area contributed by atoms with Gasteiger partial charge in [-0.2, -0.15) is 0 Å². The van der Waals surface area contributed by atoms with Crippen molar-refractivity contribution in [2.75, 3.05) is 26.3 Å². The second kappa shape index (κ2) is 19.7. The topological polar surface area (TPSA) is 66.8 Å². The number of nitrogens with zero attached hydrogens (tertiary/aromatic N) is 1. The first-order chi connectivity index (χ1) is 19.2. The lowest BCUT2D eigenvalue weighted by Crippen LogP contribution is -2.30. The number of aromatic hydroxyl groups is 1. The number of hydrogen-bond acceptors (Lipinski definition) is 5. The molecule has 3 aromatic rings. The highest BCUT2D eigenvalue weighted by Crippen LogP contribution is 2.18. The number of carbonyl (C=O) groups excluding carboxylic acids is 2. The van der Waals surface area contributed by atoms with Gasteiger partial charge in [0, 0.05) is 25.3 Å². The number of phenols is 1. The highest BCUT2D eigenvalue weighted by atomic mass is 16.5. The maximum atomic E-state index is 12.9. The molecule has 210 valence electrons. The van der Waals surface area contributed by atoms with Gasteiger partial charge in [0.05, 0.1) is 12.1 Å². The number of rotatable bonds is 18. The lowest BCUT2D eigenvalue weighted by molar-refractivity contribution is 0.0923. The molecule has 39 heavy (non-hydrogen) atoms. The number of ether oxygens (including phenoxy) is 1. The fourth-order valence-electron chi connectivity index (χ4n) is 4.35. The number of benzene rings is 3. The third kappa shape index (κ3) is 12.9. The normalized spacial score (nSPS) is 10.6. The summed E-state index contributed by atoms with van der Waals surface area (Å²) in [4.78, 5) is 26.2. The van der Waals surface area contributed by atoms with Crippen LogP contribution in [-0.2, 0) is 17.7 Å². The number of unbranched alkanes of at least 4 members (excludes halogenated alkanes) is 4. The van der Waals surface area contributed by atoms with Gasteiger partial charge in [-0.15, -0.1) is 0 Å². The Morgan fingerprint density at radius 2 is 1.41 bits per heavy atom. The van der Waals surface area contributed by atoms with E-state index in [0.717, 1.165) is 70.3 Å². The molecule has 5 nitrogen and oxygen atoms in total. The van der Waals surface area contributed by atoms with Crippen molar-refractivity contribution in [1.29, 1.82) is 0 Å². The van der Waals surface area contributed by atoms with Gasteiger partial charge in [-0.1, -0.05) is 87.4 Å². The summed E-state index contributed by atoms with van der Waals surface area (Å²) in [5.41, 5.74) is 3.13. The summed E-state index contributed by atoms with van der Waals surface area (Å²) >= 11 is 0. The summed E-state index contributed by atoms with van der Waals surface area (Å²) in [7, 11) is 0. The summed E-state index contributed by atoms with van der Waals surface area (Å²) in [5, 5.41) is 9.73. The van der Waals surface area contributed by atoms with Gasteiger partial charge in [0.25, 0.3) is 0 Å². The lowest BCUT2D eigenvalue weighted by Gasteiger charge is -2.22. The zero-order valence-electron chi connectivity index (χ0n) is 23.7. The molecule has 0 unspecified atom stereocenters. The van der Waals surface area contributed by atoms with Crippen LogP contribution in [0.15, 0.2) is 78.9 Å². The minimum Gasteiger partial charge on any atom is -0.507 e. The van der Waals surface area contributed by atoms with Crippen molar-refractivity contribution in [3.8, 4) is 5.75 Å². The van der Waals surface area contributed by atoms with Gasteiger partial charge in [0.2, 0.25) is 0 Å². The fraction of sp³-hybridized carbons (Fsp3) is 0.412. The van der Waals surface area contributed by atoms with Crippen molar-refractivity contribution in [3.63, 3.8) is 0 Å². The van der Waals surface area contributed by atoms with E-state index in [0.29, 0.717) is 18.4 Å². The molecule has 0 radical (unpaired) electrons. The van der Waals surface area contributed by atoms with Crippen molar-refractivity contribution in [1.82, 2.24) is 4.90 Å². The Balaban J connectivity index is 0.00000260. The van der Waals surface area contributed by atoms with Crippen LogP contribution in [0.1, 0.15) is 84.2 Å². The van der Waals surface area contributed by atoms with Crippen molar-refractivity contribution < 1.29 is 19.4 Å². The van der Waals surface area contributed by atoms with Crippen LogP contribution < -0.4 is 0 Å². The molecule has 0 saturated heterocycles. The van der Waals surface area contributed by atoms with E-state index < -0.39 is 0 Å². The van der Waals surface area contributed by atoms with E-state index in [4.69, 9.17) is 4.74 Å². The number of aryl methyl sites for hydroxylation is 1. The number of Topliss-reactive ketones (excluding diaryl/α,β-unsaturated/α-hetero) is 1. The maximum absolute atomic E-state index is 12.9. The van der Waals surface area contributed by atoms with Crippen LogP contribution >= 0.6 is 0 Å². The lowest BCUT2D eigenvalue weighted by atomic mass is 10.1. The minimum atomic E-state index is -0.108. The summed E-state index contributed by atoms with van der Waals surface area (Å²) in [5.74, 6) is -0.163. The largest absolute Gasteiger partial charge is 0.507 e. The van der Waals surface area contributed by atoms with E-state index in [1.54, 1.807) is 6.07 Å². The molecule has 0 fully saturated rings.